The maximum atomic E-state index is 5.68. The molecule has 94 valence electrons. The van der Waals surface area contributed by atoms with Gasteiger partial charge in [-0.05, 0) is 31.9 Å². The van der Waals surface area contributed by atoms with Crippen molar-refractivity contribution in [1.82, 2.24) is 4.98 Å². The van der Waals surface area contributed by atoms with Gasteiger partial charge in [0.25, 0.3) is 0 Å². The van der Waals surface area contributed by atoms with Gasteiger partial charge in [0.15, 0.2) is 0 Å². The van der Waals surface area contributed by atoms with Crippen LogP contribution in [0.2, 0.25) is 0 Å². The van der Waals surface area contributed by atoms with Crippen molar-refractivity contribution in [3.8, 4) is 0 Å². The third-order valence-electron chi connectivity index (χ3n) is 3.14. The number of ether oxygens (including phenoxy) is 1. The van der Waals surface area contributed by atoms with Crippen LogP contribution < -0.4 is 10.2 Å². The fourth-order valence-electron chi connectivity index (χ4n) is 2.16. The minimum atomic E-state index is 0.370. The number of likely N-dealkylation sites (N-methyl/N-ethyl adjacent to an activating group) is 1. The molecule has 1 aromatic rings. The van der Waals surface area contributed by atoms with E-state index in [1.54, 1.807) is 0 Å². The molecule has 0 saturated carbocycles. The van der Waals surface area contributed by atoms with Crippen LogP contribution in [-0.2, 0) is 4.74 Å². The van der Waals surface area contributed by atoms with Gasteiger partial charge in [-0.15, -0.1) is 0 Å². The van der Waals surface area contributed by atoms with Crippen LogP contribution in [-0.4, -0.2) is 37.8 Å². The summed E-state index contributed by atoms with van der Waals surface area (Å²) < 4.78 is 5.68. The minimum absolute atomic E-state index is 0.370. The lowest BCUT2D eigenvalue weighted by Crippen LogP contribution is -2.32. The summed E-state index contributed by atoms with van der Waals surface area (Å²) >= 11 is 0. The summed E-state index contributed by atoms with van der Waals surface area (Å²) in [6.45, 7) is 4.96. The van der Waals surface area contributed by atoms with Crippen molar-refractivity contribution < 1.29 is 4.74 Å². The first kappa shape index (κ1) is 12.2. The second-order valence-electron chi connectivity index (χ2n) is 4.30. The van der Waals surface area contributed by atoms with Crippen LogP contribution >= 0.6 is 0 Å². The number of hydrogen-bond donors (Lipinski definition) is 1. The Balaban J connectivity index is 2.04. The van der Waals surface area contributed by atoms with E-state index in [2.05, 4.69) is 28.2 Å². The van der Waals surface area contributed by atoms with Gasteiger partial charge in [-0.2, -0.15) is 0 Å². The van der Waals surface area contributed by atoms with Crippen molar-refractivity contribution >= 4 is 11.6 Å². The highest BCUT2D eigenvalue weighted by Crippen LogP contribution is 2.18. The smallest absolute Gasteiger partial charge is 0.131 e. The predicted octanol–water partition coefficient (Wildman–Crippen LogP) is 2.13. The molecule has 0 aliphatic carbocycles. The summed E-state index contributed by atoms with van der Waals surface area (Å²) in [7, 11) is 1.89. The summed E-state index contributed by atoms with van der Waals surface area (Å²) in [5.41, 5.74) is 0. The molecule has 17 heavy (non-hydrogen) atoms. The molecule has 2 rings (SSSR count). The van der Waals surface area contributed by atoms with E-state index in [4.69, 9.17) is 4.74 Å². The van der Waals surface area contributed by atoms with Crippen molar-refractivity contribution in [1.29, 1.82) is 0 Å². The number of aromatic nitrogens is 1. The van der Waals surface area contributed by atoms with E-state index < -0.39 is 0 Å². The van der Waals surface area contributed by atoms with Gasteiger partial charge < -0.3 is 15.0 Å². The average Bonchev–Trinajstić information content (AvgIpc) is 2.89. The summed E-state index contributed by atoms with van der Waals surface area (Å²) in [4.78, 5) is 6.84. The van der Waals surface area contributed by atoms with Crippen LogP contribution in [0.3, 0.4) is 0 Å². The van der Waals surface area contributed by atoms with E-state index in [1.807, 2.05) is 19.2 Å². The lowest BCUT2D eigenvalue weighted by atomic mass is 10.2. The number of pyridine rings is 1. The molecule has 1 aliphatic rings. The molecule has 0 spiro atoms. The molecule has 4 nitrogen and oxygen atoms in total. The van der Waals surface area contributed by atoms with E-state index in [0.29, 0.717) is 6.10 Å². The number of anilines is 2. The Bertz CT molecular complexity index is 350. The lowest BCUT2D eigenvalue weighted by Gasteiger charge is -2.25. The maximum Gasteiger partial charge on any atom is 0.131 e. The fourth-order valence-corrected chi connectivity index (χ4v) is 2.16. The normalized spacial score (nSPS) is 19.3. The second-order valence-corrected chi connectivity index (χ2v) is 4.30. The first-order valence-corrected chi connectivity index (χ1v) is 6.35. The molecular weight excluding hydrogens is 214 g/mol. The molecule has 2 heterocycles. The Morgan fingerprint density at radius 2 is 2.41 bits per heavy atom. The summed E-state index contributed by atoms with van der Waals surface area (Å²) in [6, 6.07) is 6.06. The van der Waals surface area contributed by atoms with Crippen molar-refractivity contribution in [3.05, 3.63) is 18.2 Å². The lowest BCUT2D eigenvalue weighted by molar-refractivity contribution is 0.115. The topological polar surface area (TPSA) is 37.4 Å². The van der Waals surface area contributed by atoms with Gasteiger partial charge in [-0.25, -0.2) is 4.98 Å². The number of rotatable bonds is 5. The van der Waals surface area contributed by atoms with Crippen LogP contribution in [0.1, 0.15) is 19.8 Å². The van der Waals surface area contributed by atoms with E-state index in [1.165, 1.54) is 12.8 Å². The highest BCUT2D eigenvalue weighted by atomic mass is 16.5. The van der Waals surface area contributed by atoms with Gasteiger partial charge in [-0.3, -0.25) is 0 Å². The zero-order chi connectivity index (χ0) is 12.1. The van der Waals surface area contributed by atoms with Crippen molar-refractivity contribution in [2.75, 3.05) is 37.0 Å². The van der Waals surface area contributed by atoms with Crippen LogP contribution in [0.5, 0.6) is 0 Å². The molecule has 4 heteroatoms. The Labute approximate surface area is 103 Å². The quantitative estimate of drug-likeness (QED) is 0.848. The number of nitrogens with one attached hydrogen (secondary N) is 1. The molecule has 1 atom stereocenters. The van der Waals surface area contributed by atoms with Gasteiger partial charge >= 0.3 is 0 Å². The van der Waals surface area contributed by atoms with Gasteiger partial charge in [-0.1, -0.05) is 6.07 Å². The zero-order valence-corrected chi connectivity index (χ0v) is 10.6. The maximum absolute atomic E-state index is 5.68. The summed E-state index contributed by atoms with van der Waals surface area (Å²) in [5, 5.41) is 3.07. The Morgan fingerprint density at radius 3 is 3.06 bits per heavy atom. The first-order chi connectivity index (χ1) is 8.33. The third kappa shape index (κ3) is 3.09. The molecule has 0 radical (unpaired) electrons. The van der Waals surface area contributed by atoms with E-state index >= 15 is 0 Å². The van der Waals surface area contributed by atoms with Gasteiger partial charge in [0.1, 0.15) is 11.6 Å². The highest BCUT2D eigenvalue weighted by molar-refractivity contribution is 5.46. The molecule has 1 aromatic heterocycles. The van der Waals surface area contributed by atoms with E-state index in [0.717, 1.165) is 31.3 Å². The number of hydrogen-bond acceptors (Lipinski definition) is 4. The van der Waals surface area contributed by atoms with Crippen LogP contribution in [0.25, 0.3) is 0 Å². The number of nitrogens with zero attached hydrogens (tertiary/aromatic N) is 2. The van der Waals surface area contributed by atoms with Crippen molar-refractivity contribution in [3.63, 3.8) is 0 Å². The third-order valence-corrected chi connectivity index (χ3v) is 3.14. The molecule has 0 amide bonds. The van der Waals surface area contributed by atoms with Crippen molar-refractivity contribution in [2.45, 2.75) is 25.9 Å². The van der Waals surface area contributed by atoms with E-state index in [9.17, 15) is 0 Å². The van der Waals surface area contributed by atoms with Gasteiger partial charge in [0, 0.05) is 26.7 Å². The molecule has 0 aromatic carbocycles. The Hall–Kier alpha value is -1.29. The molecule has 1 saturated heterocycles. The van der Waals surface area contributed by atoms with Gasteiger partial charge in [0.2, 0.25) is 0 Å². The highest BCUT2D eigenvalue weighted by Gasteiger charge is 2.19. The molecular formula is C13H21N3O. The molecule has 1 unspecified atom stereocenters. The van der Waals surface area contributed by atoms with Crippen LogP contribution in [0.15, 0.2) is 18.2 Å². The molecule has 0 bridgehead atoms. The summed E-state index contributed by atoms with van der Waals surface area (Å²) in [5.74, 6) is 1.93. The molecule has 1 aliphatic heterocycles. The fraction of sp³-hybridized carbons (Fsp3) is 0.615. The Kier molecular flexibility index (Phi) is 4.20. The van der Waals surface area contributed by atoms with Crippen molar-refractivity contribution in [2.24, 2.45) is 0 Å². The average molecular weight is 235 g/mol. The standard InChI is InChI=1S/C13H21N3O/c1-3-16(10-11-6-5-9-17-11)13-8-4-7-12(14-2)15-13/h4,7-8,11H,3,5-6,9-10H2,1-2H3,(H,14,15). The largest absolute Gasteiger partial charge is 0.376 e. The summed E-state index contributed by atoms with van der Waals surface area (Å²) in [6.07, 6.45) is 2.73. The molecule has 1 fully saturated rings. The predicted molar refractivity (Wildman–Crippen MR) is 70.6 cm³/mol. The SMILES string of the molecule is CCN(CC1CCCO1)c1cccc(NC)n1. The first-order valence-electron chi connectivity index (χ1n) is 6.35. The van der Waals surface area contributed by atoms with Crippen LogP contribution in [0, 0.1) is 0 Å². The molecule has 1 N–H and O–H groups in total. The van der Waals surface area contributed by atoms with Crippen LogP contribution in [0.4, 0.5) is 11.6 Å². The Morgan fingerprint density at radius 1 is 1.53 bits per heavy atom. The van der Waals surface area contributed by atoms with Gasteiger partial charge in [0.05, 0.1) is 6.10 Å². The second kappa shape index (κ2) is 5.87. The van der Waals surface area contributed by atoms with E-state index in [-0.39, 0.29) is 0 Å². The minimum Gasteiger partial charge on any atom is -0.376 e. The monoisotopic (exact) mass is 235 g/mol. The zero-order valence-electron chi connectivity index (χ0n) is 10.6.